The van der Waals surface area contributed by atoms with Crippen LogP contribution in [0.4, 0.5) is 0 Å². The summed E-state index contributed by atoms with van der Waals surface area (Å²) in [7, 11) is 1.61. The highest BCUT2D eigenvalue weighted by Crippen LogP contribution is 2.32. The molecule has 24 heavy (non-hydrogen) atoms. The molecule has 2 amide bonds. The van der Waals surface area contributed by atoms with Crippen LogP contribution in [-0.4, -0.2) is 18.9 Å². The lowest BCUT2D eigenvalue weighted by molar-refractivity contribution is -0.119. The summed E-state index contributed by atoms with van der Waals surface area (Å²) in [5, 5.41) is 0.815. The molecule has 6 nitrogen and oxygen atoms in total. The predicted octanol–water partition coefficient (Wildman–Crippen LogP) is 2.89. The molecule has 1 heterocycles. The number of benzene rings is 2. The van der Waals surface area contributed by atoms with Crippen molar-refractivity contribution in [2.24, 2.45) is 0 Å². The molecule has 0 saturated carbocycles. The van der Waals surface area contributed by atoms with Crippen molar-refractivity contribution >= 4 is 22.8 Å². The third-order valence-corrected chi connectivity index (χ3v) is 3.59. The van der Waals surface area contributed by atoms with E-state index < -0.39 is 5.91 Å². The summed E-state index contributed by atoms with van der Waals surface area (Å²) >= 11 is 0. The Morgan fingerprint density at radius 3 is 2.46 bits per heavy atom. The maximum Gasteiger partial charge on any atom is 0.269 e. The molecule has 6 heteroatoms. The first-order valence-electron chi connectivity index (χ1n) is 7.31. The number of fused-ring (bicyclic) bond motifs is 1. The number of carbonyl (C=O) groups excluding carboxylic acids is 2. The number of hydrogen-bond acceptors (Lipinski definition) is 4. The van der Waals surface area contributed by atoms with Crippen molar-refractivity contribution in [1.29, 1.82) is 0 Å². The number of methoxy groups -OCH3 is 1. The standard InChI is InChI=1S/C18H16N2O4/c1-11(21)19-20-18(22)13-5-8-17-15(9-13)16(10-24-17)12-3-6-14(23-2)7-4-12/h3-10H,1-2H3,(H,19,21)(H,20,22). The van der Waals surface area contributed by atoms with Crippen LogP contribution in [0.15, 0.2) is 53.1 Å². The van der Waals surface area contributed by atoms with Crippen LogP contribution in [-0.2, 0) is 4.79 Å². The van der Waals surface area contributed by atoms with Gasteiger partial charge in [-0.25, -0.2) is 0 Å². The van der Waals surface area contributed by atoms with E-state index in [0.29, 0.717) is 11.1 Å². The fourth-order valence-electron chi connectivity index (χ4n) is 2.38. The first kappa shape index (κ1) is 15.6. The number of carbonyl (C=O) groups is 2. The molecule has 0 aliphatic heterocycles. The SMILES string of the molecule is COc1ccc(-c2coc3ccc(C(=O)NNC(C)=O)cc23)cc1. The van der Waals surface area contributed by atoms with Crippen LogP contribution in [0.5, 0.6) is 5.75 Å². The Morgan fingerprint density at radius 2 is 1.79 bits per heavy atom. The largest absolute Gasteiger partial charge is 0.497 e. The average Bonchev–Trinajstić information content (AvgIpc) is 3.02. The van der Waals surface area contributed by atoms with E-state index >= 15 is 0 Å². The molecule has 0 aliphatic carbocycles. The van der Waals surface area contributed by atoms with Crippen LogP contribution in [0.3, 0.4) is 0 Å². The monoisotopic (exact) mass is 324 g/mol. The van der Waals surface area contributed by atoms with E-state index in [-0.39, 0.29) is 5.91 Å². The van der Waals surface area contributed by atoms with Crippen LogP contribution in [0, 0.1) is 0 Å². The topological polar surface area (TPSA) is 80.6 Å². The van der Waals surface area contributed by atoms with Gasteiger partial charge < -0.3 is 9.15 Å². The Kier molecular flexibility index (Phi) is 4.20. The van der Waals surface area contributed by atoms with Crippen LogP contribution >= 0.6 is 0 Å². The van der Waals surface area contributed by atoms with Gasteiger partial charge in [0.1, 0.15) is 11.3 Å². The molecular formula is C18H16N2O4. The number of ether oxygens (including phenoxy) is 1. The van der Waals surface area contributed by atoms with Gasteiger partial charge in [0, 0.05) is 23.4 Å². The number of rotatable bonds is 3. The summed E-state index contributed by atoms with van der Waals surface area (Å²) in [4.78, 5) is 23.0. The second-order valence-corrected chi connectivity index (χ2v) is 5.22. The van der Waals surface area contributed by atoms with Crippen LogP contribution in [0.2, 0.25) is 0 Å². The molecule has 1 aromatic heterocycles. The number of hydrogen-bond donors (Lipinski definition) is 2. The Bertz CT molecular complexity index is 897. The normalized spacial score (nSPS) is 10.4. The van der Waals surface area contributed by atoms with Crippen molar-refractivity contribution in [3.05, 3.63) is 54.3 Å². The first-order valence-corrected chi connectivity index (χ1v) is 7.31. The van der Waals surface area contributed by atoms with E-state index in [1.807, 2.05) is 24.3 Å². The smallest absolute Gasteiger partial charge is 0.269 e. The van der Waals surface area contributed by atoms with E-state index in [1.165, 1.54) is 6.92 Å². The van der Waals surface area contributed by atoms with Crippen LogP contribution in [0.25, 0.3) is 22.1 Å². The quantitative estimate of drug-likeness (QED) is 0.726. The molecule has 0 unspecified atom stereocenters. The van der Waals surface area contributed by atoms with Crippen molar-refractivity contribution in [2.75, 3.05) is 7.11 Å². The lowest BCUT2D eigenvalue weighted by Crippen LogP contribution is -2.40. The molecule has 3 aromatic rings. The maximum absolute atomic E-state index is 12.1. The van der Waals surface area contributed by atoms with Gasteiger partial charge in [-0.2, -0.15) is 0 Å². The highest BCUT2D eigenvalue weighted by molar-refractivity contribution is 6.02. The number of furan rings is 1. The molecular weight excluding hydrogens is 308 g/mol. The third-order valence-electron chi connectivity index (χ3n) is 3.59. The van der Waals surface area contributed by atoms with Gasteiger partial charge in [0.2, 0.25) is 5.91 Å². The van der Waals surface area contributed by atoms with Crippen LogP contribution in [0.1, 0.15) is 17.3 Å². The summed E-state index contributed by atoms with van der Waals surface area (Å²) in [6.45, 7) is 1.32. The zero-order valence-electron chi connectivity index (χ0n) is 13.3. The van der Waals surface area contributed by atoms with Crippen molar-refractivity contribution in [3.8, 4) is 16.9 Å². The molecule has 0 atom stereocenters. The van der Waals surface area contributed by atoms with Crippen molar-refractivity contribution in [2.45, 2.75) is 6.92 Å². The Morgan fingerprint density at radius 1 is 1.04 bits per heavy atom. The Hall–Kier alpha value is -3.28. The van der Waals surface area contributed by atoms with Gasteiger partial charge in [-0.3, -0.25) is 20.4 Å². The van der Waals surface area contributed by atoms with Gasteiger partial charge in [-0.15, -0.1) is 0 Å². The molecule has 2 N–H and O–H groups in total. The second-order valence-electron chi connectivity index (χ2n) is 5.22. The van der Waals surface area contributed by atoms with Gasteiger partial charge in [0.25, 0.3) is 5.91 Å². The molecule has 0 spiro atoms. The second kappa shape index (κ2) is 6.45. The highest BCUT2D eigenvalue weighted by Gasteiger charge is 2.12. The molecule has 0 fully saturated rings. The first-order chi connectivity index (χ1) is 11.6. The number of amides is 2. The average molecular weight is 324 g/mol. The molecule has 3 rings (SSSR count). The van der Waals surface area contributed by atoms with Gasteiger partial charge in [0.15, 0.2) is 0 Å². The van der Waals surface area contributed by atoms with Gasteiger partial charge in [-0.1, -0.05) is 12.1 Å². The maximum atomic E-state index is 12.1. The van der Waals surface area contributed by atoms with E-state index in [2.05, 4.69) is 10.9 Å². The number of nitrogens with one attached hydrogen (secondary N) is 2. The molecule has 0 radical (unpaired) electrons. The molecule has 0 saturated heterocycles. The highest BCUT2D eigenvalue weighted by atomic mass is 16.5. The van der Waals surface area contributed by atoms with Gasteiger partial charge >= 0.3 is 0 Å². The third kappa shape index (κ3) is 3.08. The van der Waals surface area contributed by atoms with Crippen molar-refractivity contribution < 1.29 is 18.7 Å². The minimum atomic E-state index is -0.394. The fourth-order valence-corrected chi connectivity index (χ4v) is 2.38. The Labute approximate surface area is 138 Å². The van der Waals surface area contributed by atoms with E-state index in [0.717, 1.165) is 22.3 Å². The molecule has 2 aromatic carbocycles. The Balaban J connectivity index is 1.96. The lowest BCUT2D eigenvalue weighted by atomic mass is 10.0. The van der Waals surface area contributed by atoms with Crippen molar-refractivity contribution in [3.63, 3.8) is 0 Å². The summed E-state index contributed by atoms with van der Waals surface area (Å²) in [6, 6.07) is 12.7. The van der Waals surface area contributed by atoms with E-state index in [1.54, 1.807) is 31.6 Å². The molecule has 0 bridgehead atoms. The zero-order chi connectivity index (χ0) is 17.1. The summed E-state index contributed by atoms with van der Waals surface area (Å²) in [5.74, 6) is 0.0302. The minimum Gasteiger partial charge on any atom is -0.497 e. The molecule has 0 aliphatic rings. The predicted molar refractivity (Wildman–Crippen MR) is 89.5 cm³/mol. The van der Waals surface area contributed by atoms with E-state index in [9.17, 15) is 9.59 Å². The lowest BCUT2D eigenvalue weighted by Gasteiger charge is -2.06. The molecule has 122 valence electrons. The fraction of sp³-hybridized carbons (Fsp3) is 0.111. The van der Waals surface area contributed by atoms with Crippen molar-refractivity contribution in [1.82, 2.24) is 10.9 Å². The number of hydrazine groups is 1. The van der Waals surface area contributed by atoms with Crippen LogP contribution < -0.4 is 15.6 Å². The summed E-state index contributed by atoms with van der Waals surface area (Å²) in [5.41, 5.74) is 7.54. The minimum absolute atomic E-state index is 0.341. The summed E-state index contributed by atoms with van der Waals surface area (Å²) < 4.78 is 10.7. The van der Waals surface area contributed by atoms with Gasteiger partial charge in [0.05, 0.1) is 13.4 Å². The van der Waals surface area contributed by atoms with E-state index in [4.69, 9.17) is 9.15 Å². The zero-order valence-corrected chi connectivity index (χ0v) is 13.3. The van der Waals surface area contributed by atoms with Gasteiger partial charge in [-0.05, 0) is 35.9 Å². The summed E-state index contributed by atoms with van der Waals surface area (Å²) in [6.07, 6.45) is 1.65.